The fourth-order valence-corrected chi connectivity index (χ4v) is 5.86. The highest BCUT2D eigenvalue weighted by Gasteiger charge is 2.38. The molecule has 0 unspecified atom stereocenters. The van der Waals surface area contributed by atoms with Crippen molar-refractivity contribution >= 4 is 10.8 Å². The summed E-state index contributed by atoms with van der Waals surface area (Å²) in [4.78, 5) is 0.775. The van der Waals surface area contributed by atoms with E-state index in [1.165, 1.54) is 0 Å². The summed E-state index contributed by atoms with van der Waals surface area (Å²) in [5.41, 5.74) is 5.06. The molecule has 5 rings (SSSR count). The lowest BCUT2D eigenvalue weighted by molar-refractivity contribution is 0.288. The summed E-state index contributed by atoms with van der Waals surface area (Å²) in [7, 11) is -1.34. The molecule has 4 aromatic rings. The van der Waals surface area contributed by atoms with E-state index in [2.05, 4.69) is 57.2 Å². The number of ether oxygens (including phenoxy) is 2. The second-order valence-corrected chi connectivity index (χ2v) is 12.5. The van der Waals surface area contributed by atoms with Crippen LogP contribution in [-0.2, 0) is 29.4 Å². The quantitative estimate of drug-likeness (QED) is 0.211. The Morgan fingerprint density at radius 1 is 0.700 bits per heavy atom. The van der Waals surface area contributed by atoms with Crippen LogP contribution in [-0.4, -0.2) is 4.21 Å². The molecule has 5 radical (unpaired) electrons. The van der Waals surface area contributed by atoms with Crippen LogP contribution in [0.5, 0.6) is 11.5 Å². The van der Waals surface area contributed by atoms with Crippen molar-refractivity contribution < 1.29 is 13.7 Å². The molecule has 3 nitrogen and oxygen atoms in total. The first kappa shape index (κ1) is 28.2. The molecular formula is C36H35O3S. The molecule has 0 heterocycles. The monoisotopic (exact) mass is 547 g/mol. The van der Waals surface area contributed by atoms with E-state index in [1.807, 2.05) is 86.8 Å². The highest BCUT2D eigenvalue weighted by atomic mass is 32.2. The highest BCUT2D eigenvalue weighted by molar-refractivity contribution is 7.88. The number of aryl methyl sites for hydroxylation is 1. The molecule has 0 saturated heterocycles. The van der Waals surface area contributed by atoms with Crippen LogP contribution in [0.1, 0.15) is 48.6 Å². The van der Waals surface area contributed by atoms with Gasteiger partial charge in [0.2, 0.25) is 0 Å². The van der Waals surface area contributed by atoms with E-state index in [-0.39, 0.29) is 5.41 Å². The topological polar surface area (TPSA) is 35.5 Å². The maximum absolute atomic E-state index is 13.8. The molecule has 1 aliphatic rings. The Hall–Kier alpha value is -3.37. The summed E-state index contributed by atoms with van der Waals surface area (Å²) in [6.07, 6.45) is 5.91. The zero-order valence-electron chi connectivity index (χ0n) is 23.5. The van der Waals surface area contributed by atoms with Crippen LogP contribution in [0.25, 0.3) is 0 Å². The van der Waals surface area contributed by atoms with Crippen LogP contribution in [0.2, 0.25) is 0 Å². The molecule has 1 aliphatic carbocycles. The number of hydrogen-bond donors (Lipinski definition) is 0. The Morgan fingerprint density at radius 3 is 1.85 bits per heavy atom. The molecule has 0 bridgehead atoms. The van der Waals surface area contributed by atoms with Gasteiger partial charge in [-0.15, -0.1) is 0 Å². The minimum absolute atomic E-state index is 0.186. The summed E-state index contributed by atoms with van der Waals surface area (Å²) in [5.74, 6) is 2.42. The molecule has 1 saturated carbocycles. The summed E-state index contributed by atoms with van der Waals surface area (Å²) in [6.45, 7) is 9.45. The van der Waals surface area contributed by atoms with Gasteiger partial charge in [0.05, 0.1) is 16.0 Å². The predicted octanol–water partition coefficient (Wildman–Crippen LogP) is 8.34. The molecule has 0 N–H and O–H groups in total. The van der Waals surface area contributed by atoms with E-state index in [0.29, 0.717) is 13.2 Å². The SMILES string of the molecule is Cc1ccc([S@](=O)[C]2[CH][CH][CH][C]2c2cc(OCc3ccccc3)c(C(C)(C)C)cc2OCc2ccccc2)cc1. The molecule has 203 valence electrons. The molecule has 0 aromatic heterocycles. The lowest BCUT2D eigenvalue weighted by Crippen LogP contribution is -2.17. The predicted molar refractivity (Wildman–Crippen MR) is 163 cm³/mol. The zero-order valence-corrected chi connectivity index (χ0v) is 24.3. The van der Waals surface area contributed by atoms with Gasteiger partial charge in [-0.05, 0) is 67.0 Å². The van der Waals surface area contributed by atoms with Crippen molar-refractivity contribution in [2.75, 3.05) is 0 Å². The standard InChI is InChI=1S/C36H35O3S/c1-26-18-20-29(21-19-26)40(37)35-17-11-16-30(35)31-22-34(39-25-28-14-9-6-10-15-28)32(36(2,3)4)23-33(31)38-24-27-12-7-5-8-13-27/h5-23H,24-25H2,1-4H3/t40-/m0/s1. The smallest absolute Gasteiger partial charge is 0.124 e. The Kier molecular flexibility index (Phi) is 8.75. The van der Waals surface area contributed by atoms with Crippen LogP contribution >= 0.6 is 0 Å². The van der Waals surface area contributed by atoms with E-state index in [4.69, 9.17) is 9.47 Å². The second kappa shape index (κ2) is 12.4. The van der Waals surface area contributed by atoms with Crippen molar-refractivity contribution in [1.29, 1.82) is 0 Å². The molecule has 4 heteroatoms. The van der Waals surface area contributed by atoms with Crippen molar-refractivity contribution in [3.63, 3.8) is 0 Å². The number of benzene rings is 4. The van der Waals surface area contributed by atoms with Crippen LogP contribution in [0.15, 0.2) is 102 Å². The third-order valence-corrected chi connectivity index (χ3v) is 8.32. The van der Waals surface area contributed by atoms with Gasteiger partial charge in [-0.3, -0.25) is 4.21 Å². The minimum atomic E-state index is -1.34. The van der Waals surface area contributed by atoms with Gasteiger partial charge >= 0.3 is 0 Å². The fourth-order valence-electron chi connectivity index (χ4n) is 4.64. The van der Waals surface area contributed by atoms with Crippen LogP contribution < -0.4 is 9.47 Å². The number of hydrogen-bond acceptors (Lipinski definition) is 3. The van der Waals surface area contributed by atoms with Crippen LogP contribution in [0.4, 0.5) is 0 Å². The van der Waals surface area contributed by atoms with Gasteiger partial charge in [-0.25, -0.2) is 0 Å². The van der Waals surface area contributed by atoms with Crippen molar-refractivity contribution in [3.05, 3.63) is 155 Å². The Bertz CT molecular complexity index is 1420. The summed E-state index contributed by atoms with van der Waals surface area (Å²) >= 11 is 0. The Balaban J connectivity index is 1.54. The van der Waals surface area contributed by atoms with Gasteiger partial charge in [0.15, 0.2) is 0 Å². The molecule has 0 spiro atoms. The third-order valence-electron chi connectivity index (χ3n) is 6.87. The molecular weight excluding hydrogens is 512 g/mol. The van der Waals surface area contributed by atoms with Crippen LogP contribution in [0.3, 0.4) is 0 Å². The zero-order chi connectivity index (χ0) is 28.1. The van der Waals surface area contributed by atoms with Gasteiger partial charge < -0.3 is 9.47 Å². The van der Waals surface area contributed by atoms with Crippen molar-refractivity contribution in [2.45, 2.75) is 51.2 Å². The summed E-state index contributed by atoms with van der Waals surface area (Å²) in [5, 5.41) is 0.755. The van der Waals surface area contributed by atoms with Gasteiger partial charge in [0, 0.05) is 21.9 Å². The van der Waals surface area contributed by atoms with E-state index in [1.54, 1.807) is 0 Å². The van der Waals surface area contributed by atoms with E-state index >= 15 is 0 Å². The lowest BCUT2D eigenvalue weighted by atomic mass is 9.83. The van der Waals surface area contributed by atoms with E-state index in [9.17, 15) is 4.21 Å². The molecule has 0 aliphatic heterocycles. The average molecular weight is 548 g/mol. The first-order chi connectivity index (χ1) is 19.3. The molecule has 40 heavy (non-hydrogen) atoms. The van der Waals surface area contributed by atoms with Crippen LogP contribution in [0, 0.1) is 37.4 Å². The first-order valence-corrected chi connectivity index (χ1v) is 14.7. The molecule has 0 amide bonds. The molecule has 1 atom stereocenters. The Labute approximate surface area is 242 Å². The summed E-state index contributed by atoms with van der Waals surface area (Å²) < 4.78 is 26.7. The highest BCUT2D eigenvalue weighted by Crippen LogP contribution is 2.48. The van der Waals surface area contributed by atoms with Crippen molar-refractivity contribution in [1.82, 2.24) is 0 Å². The normalized spacial score (nSPS) is 15.2. The largest absolute Gasteiger partial charge is 0.489 e. The molecule has 4 aromatic carbocycles. The third kappa shape index (κ3) is 6.67. The van der Waals surface area contributed by atoms with E-state index < -0.39 is 10.8 Å². The van der Waals surface area contributed by atoms with Crippen molar-refractivity contribution in [2.24, 2.45) is 0 Å². The van der Waals surface area contributed by atoms with Gasteiger partial charge in [0.1, 0.15) is 24.7 Å². The second-order valence-electron chi connectivity index (χ2n) is 11.0. The maximum atomic E-state index is 13.8. The average Bonchev–Trinajstić information content (AvgIpc) is 3.45. The Morgan fingerprint density at radius 2 is 1.27 bits per heavy atom. The lowest BCUT2D eigenvalue weighted by Gasteiger charge is -2.28. The maximum Gasteiger partial charge on any atom is 0.124 e. The van der Waals surface area contributed by atoms with Gasteiger partial charge in [-0.1, -0.05) is 99.1 Å². The fraction of sp³-hybridized carbons (Fsp3) is 0.194. The first-order valence-electron chi connectivity index (χ1n) is 13.6. The van der Waals surface area contributed by atoms with Gasteiger partial charge in [0.25, 0.3) is 0 Å². The van der Waals surface area contributed by atoms with Gasteiger partial charge in [-0.2, -0.15) is 0 Å². The van der Waals surface area contributed by atoms with Crippen molar-refractivity contribution in [3.8, 4) is 11.5 Å². The molecule has 1 fully saturated rings. The van der Waals surface area contributed by atoms with E-state index in [0.717, 1.165) is 55.4 Å². The number of rotatable bonds is 9. The minimum Gasteiger partial charge on any atom is -0.489 e. The summed E-state index contributed by atoms with van der Waals surface area (Å²) in [6, 6.07) is 32.4.